The molecule has 2 aromatic carbocycles. The van der Waals surface area contributed by atoms with E-state index in [0.717, 1.165) is 5.56 Å². The Kier molecular flexibility index (Phi) is 5.38. The number of carbonyl (C=O) groups is 2. The average molecular weight is 460 g/mol. The van der Waals surface area contributed by atoms with Crippen LogP contribution >= 0.6 is 11.3 Å². The molecule has 1 aliphatic heterocycles. The van der Waals surface area contributed by atoms with Gasteiger partial charge in [0, 0.05) is 10.9 Å². The van der Waals surface area contributed by atoms with Crippen LogP contribution in [0.5, 0.6) is 11.5 Å². The van der Waals surface area contributed by atoms with Crippen LogP contribution in [0.3, 0.4) is 0 Å². The van der Waals surface area contributed by atoms with E-state index in [4.69, 9.17) is 9.47 Å². The van der Waals surface area contributed by atoms with Crippen molar-refractivity contribution in [2.24, 2.45) is 0 Å². The van der Waals surface area contributed by atoms with Crippen molar-refractivity contribution in [2.45, 2.75) is 4.90 Å². The predicted octanol–water partition coefficient (Wildman–Crippen LogP) is 2.61. The van der Waals surface area contributed by atoms with Crippen molar-refractivity contribution in [3.63, 3.8) is 0 Å². The van der Waals surface area contributed by atoms with E-state index in [2.05, 4.69) is 10.3 Å². The molecule has 9 nitrogen and oxygen atoms in total. The number of anilines is 1. The maximum absolute atomic E-state index is 12.6. The molecule has 0 fully saturated rings. The monoisotopic (exact) mass is 459 g/mol. The van der Waals surface area contributed by atoms with E-state index in [1.807, 2.05) is 0 Å². The van der Waals surface area contributed by atoms with Crippen molar-refractivity contribution < 1.29 is 27.5 Å². The summed E-state index contributed by atoms with van der Waals surface area (Å²) in [6.45, 7) is -0.638. The second-order valence-corrected chi connectivity index (χ2v) is 9.16. The third-order valence-corrected chi connectivity index (χ3v) is 7.17. The number of hydrogen-bond donors (Lipinski definition) is 1. The first kappa shape index (κ1) is 20.8. The van der Waals surface area contributed by atoms with Crippen molar-refractivity contribution >= 4 is 38.3 Å². The van der Waals surface area contributed by atoms with Crippen LogP contribution in [0, 0.1) is 0 Å². The van der Waals surface area contributed by atoms with Gasteiger partial charge in [-0.15, -0.1) is 11.3 Å². The summed E-state index contributed by atoms with van der Waals surface area (Å²) in [4.78, 5) is 29.1. The van der Waals surface area contributed by atoms with Crippen LogP contribution < -0.4 is 14.8 Å². The summed E-state index contributed by atoms with van der Waals surface area (Å²) >= 11 is 1.17. The minimum absolute atomic E-state index is 0.0558. The van der Waals surface area contributed by atoms with Gasteiger partial charge < -0.3 is 14.8 Å². The third-order valence-electron chi connectivity index (χ3n) is 4.63. The number of carbonyl (C=O) groups excluding carboxylic acids is 2. The van der Waals surface area contributed by atoms with Crippen LogP contribution in [0.1, 0.15) is 10.4 Å². The zero-order valence-corrected chi connectivity index (χ0v) is 18.1. The van der Waals surface area contributed by atoms with Gasteiger partial charge in [-0.1, -0.05) is 12.1 Å². The zero-order valence-electron chi connectivity index (χ0n) is 16.5. The van der Waals surface area contributed by atoms with Gasteiger partial charge in [0.2, 0.25) is 5.91 Å². The zero-order chi connectivity index (χ0) is 22.2. The Labute approximate surface area is 182 Å². The molecule has 3 aromatic rings. The van der Waals surface area contributed by atoms with Gasteiger partial charge in [0.05, 0.1) is 25.5 Å². The van der Waals surface area contributed by atoms with Gasteiger partial charge in [0.1, 0.15) is 11.4 Å². The smallest absolute Gasteiger partial charge is 0.269 e. The number of nitrogens with one attached hydrogen (secondary N) is 1. The maximum Gasteiger partial charge on any atom is 0.269 e. The molecule has 1 N–H and O–H groups in total. The molecule has 1 aromatic heterocycles. The Balaban J connectivity index is 1.49. The van der Waals surface area contributed by atoms with E-state index in [-0.39, 0.29) is 15.6 Å². The quantitative estimate of drug-likeness (QED) is 0.602. The lowest BCUT2D eigenvalue weighted by Crippen LogP contribution is -2.37. The van der Waals surface area contributed by atoms with Gasteiger partial charge in [-0.25, -0.2) is 17.7 Å². The molecule has 31 heavy (non-hydrogen) atoms. The second-order valence-electron chi connectivity index (χ2n) is 6.47. The molecule has 0 unspecified atom stereocenters. The van der Waals surface area contributed by atoms with Crippen LogP contribution in [-0.2, 0) is 14.8 Å². The van der Waals surface area contributed by atoms with Crippen LogP contribution in [0.2, 0.25) is 0 Å². The van der Waals surface area contributed by atoms with Gasteiger partial charge in [-0.05, 0) is 30.3 Å². The van der Waals surface area contributed by atoms with Crippen LogP contribution in [0.25, 0.3) is 11.3 Å². The summed E-state index contributed by atoms with van der Waals surface area (Å²) in [7, 11) is -0.987. The first-order valence-corrected chi connectivity index (χ1v) is 11.3. The number of fused-ring (bicyclic) bond motifs is 1. The van der Waals surface area contributed by atoms with E-state index in [1.165, 1.54) is 43.8 Å². The first-order chi connectivity index (χ1) is 14.8. The number of methoxy groups -OCH3 is 2. The summed E-state index contributed by atoms with van der Waals surface area (Å²) in [5, 5.41) is 4.56. The van der Waals surface area contributed by atoms with Crippen LogP contribution in [0.15, 0.2) is 52.7 Å². The molecule has 0 atom stereocenters. The first-order valence-electron chi connectivity index (χ1n) is 8.99. The van der Waals surface area contributed by atoms with Crippen LogP contribution in [-0.4, -0.2) is 50.3 Å². The molecule has 160 valence electrons. The van der Waals surface area contributed by atoms with Crippen LogP contribution in [0.4, 0.5) is 5.13 Å². The molecule has 4 rings (SSSR count). The molecule has 0 radical (unpaired) electrons. The van der Waals surface area contributed by atoms with Gasteiger partial charge >= 0.3 is 0 Å². The van der Waals surface area contributed by atoms with Crippen molar-refractivity contribution in [1.29, 1.82) is 0 Å². The second kappa shape index (κ2) is 8.00. The number of nitrogens with zero attached hydrogens (tertiary/aromatic N) is 2. The highest BCUT2D eigenvalue weighted by atomic mass is 32.2. The van der Waals surface area contributed by atoms with Crippen molar-refractivity contribution in [1.82, 2.24) is 9.29 Å². The molecule has 0 aliphatic carbocycles. The van der Waals surface area contributed by atoms with E-state index < -0.39 is 28.4 Å². The van der Waals surface area contributed by atoms with Crippen molar-refractivity contribution in [2.75, 3.05) is 26.1 Å². The standard InChI is InChI=1S/C20H17N3O6S2/c1-28-15-8-7-12(9-16(15)29-2)14-11-30-20(21-14)22-18(24)10-23-19(25)13-5-3-4-6-17(13)31(23,26)27/h3-9,11H,10H2,1-2H3,(H,21,22,24). The Bertz CT molecular complexity index is 1290. The molecule has 0 saturated carbocycles. The number of thiazole rings is 1. The number of benzene rings is 2. The molecule has 0 spiro atoms. The normalized spacial score (nSPS) is 14.3. The number of rotatable bonds is 6. The fourth-order valence-corrected chi connectivity index (χ4v) is 5.40. The predicted molar refractivity (Wildman–Crippen MR) is 114 cm³/mol. The summed E-state index contributed by atoms with van der Waals surface area (Å²) in [5.74, 6) is -0.280. The van der Waals surface area contributed by atoms with Crippen molar-refractivity contribution in [3.05, 3.63) is 53.4 Å². The van der Waals surface area contributed by atoms with E-state index >= 15 is 0 Å². The Morgan fingerprint density at radius 3 is 2.58 bits per heavy atom. The van der Waals surface area contributed by atoms with Crippen molar-refractivity contribution in [3.8, 4) is 22.8 Å². The molecule has 0 saturated heterocycles. The molecule has 2 amide bonds. The molecule has 2 heterocycles. The number of sulfonamides is 1. The fraction of sp³-hybridized carbons (Fsp3) is 0.150. The van der Waals surface area contributed by atoms with E-state index in [1.54, 1.807) is 29.6 Å². The largest absolute Gasteiger partial charge is 0.493 e. The number of amides is 2. The molecule has 11 heteroatoms. The lowest BCUT2D eigenvalue weighted by molar-refractivity contribution is -0.116. The number of ether oxygens (including phenoxy) is 2. The third kappa shape index (κ3) is 3.73. The Morgan fingerprint density at radius 1 is 1.13 bits per heavy atom. The minimum atomic E-state index is -4.05. The lowest BCUT2D eigenvalue weighted by atomic mass is 10.1. The molecular formula is C20H17N3O6S2. The fourth-order valence-electron chi connectivity index (χ4n) is 3.14. The SMILES string of the molecule is COc1ccc(-c2csc(NC(=O)CN3C(=O)c4ccccc4S3(=O)=O)n2)cc1OC. The van der Waals surface area contributed by atoms with E-state index in [0.29, 0.717) is 21.5 Å². The molecule has 1 aliphatic rings. The lowest BCUT2D eigenvalue weighted by Gasteiger charge is -2.13. The minimum Gasteiger partial charge on any atom is -0.493 e. The van der Waals surface area contributed by atoms with Gasteiger partial charge in [-0.2, -0.15) is 0 Å². The molecular weight excluding hydrogens is 442 g/mol. The number of hydrogen-bond acceptors (Lipinski definition) is 8. The number of aromatic nitrogens is 1. The van der Waals surface area contributed by atoms with E-state index in [9.17, 15) is 18.0 Å². The summed E-state index contributed by atoms with van der Waals surface area (Å²) in [6.07, 6.45) is 0. The summed E-state index contributed by atoms with van der Waals surface area (Å²) < 4.78 is 36.2. The highest BCUT2D eigenvalue weighted by Crippen LogP contribution is 2.34. The average Bonchev–Trinajstić information content (AvgIpc) is 3.31. The Hall–Kier alpha value is -3.44. The van der Waals surface area contributed by atoms with Gasteiger partial charge in [-0.3, -0.25) is 9.59 Å². The molecule has 0 bridgehead atoms. The maximum atomic E-state index is 12.6. The Morgan fingerprint density at radius 2 is 1.87 bits per heavy atom. The highest BCUT2D eigenvalue weighted by Gasteiger charge is 2.41. The topological polar surface area (TPSA) is 115 Å². The highest BCUT2D eigenvalue weighted by molar-refractivity contribution is 7.90. The summed E-state index contributed by atoms with van der Waals surface area (Å²) in [6, 6.07) is 11.2. The summed E-state index contributed by atoms with van der Waals surface area (Å²) in [5.41, 5.74) is 1.40. The van der Waals surface area contributed by atoms with Gasteiger partial charge in [0.15, 0.2) is 16.6 Å². The van der Waals surface area contributed by atoms with Gasteiger partial charge in [0.25, 0.3) is 15.9 Å².